The largest absolute Gasteiger partial charge is 0.465 e. The zero-order chi connectivity index (χ0) is 107. The lowest BCUT2D eigenvalue weighted by Crippen LogP contribution is -2.63. The second-order valence-corrected chi connectivity index (χ2v) is 51.0. The van der Waals surface area contributed by atoms with Gasteiger partial charge in [0.15, 0.2) is 37.6 Å². The lowest BCUT2D eigenvalue weighted by Gasteiger charge is -2.62. The van der Waals surface area contributed by atoms with Crippen LogP contribution in [0, 0.1) is 146 Å². The van der Waals surface area contributed by atoms with Crippen molar-refractivity contribution < 1.29 is 148 Å². The lowest BCUT2D eigenvalue weighted by molar-refractivity contribution is -0.231. The highest BCUT2D eigenvalue weighted by atomic mass is 16.7. The zero-order valence-electron chi connectivity index (χ0n) is 90.5. The van der Waals surface area contributed by atoms with Crippen molar-refractivity contribution in [2.24, 2.45) is 146 Å². The molecule has 816 valence electrons. The van der Waals surface area contributed by atoms with Crippen LogP contribution in [0.1, 0.15) is 318 Å². The summed E-state index contributed by atoms with van der Waals surface area (Å²) in [5.41, 5.74) is -0.966. The first kappa shape index (κ1) is 112. The molecule has 22 unspecified atom stereocenters. The minimum Gasteiger partial charge on any atom is -0.465 e. The Kier molecular flexibility index (Phi) is 33.4. The number of rotatable bonds is 25. The Morgan fingerprint density at radius 3 is 1.16 bits per heavy atom. The molecular weight excluding hydrogens is 1890 g/mol. The molecule has 0 aromatic carbocycles. The monoisotopic (exact) mass is 2060 g/mol. The van der Waals surface area contributed by atoms with E-state index in [2.05, 4.69) is 67.5 Å². The van der Waals surface area contributed by atoms with E-state index < -0.39 is 82.9 Å². The Morgan fingerprint density at radius 1 is 0.395 bits per heavy atom. The maximum atomic E-state index is 12.8. The SMILES string of the molecule is C=C(C)C(=O)OC1(C(C)C)C2CC3CC(C2)CC1C3.C=C(C)C(=O)OC1(C)CCCC1.C=C(C)C(=O)OC12CC3CC(CC(O)(C3)C1)C2.C=C(C)C(=O)OC1C2CC3C(=O)OC1C3O2.C=C(C)C(=O)OCC(=O)OC1CC2CC1C1C(=O)OCC21.CCC(C)(C)C(=O)OC1(C(C)C)C2CC3CC(C2)CC1C3.CCC(C)(C)C(=O)OC1C2CC3C(=O)OC1C3O2.CCC(C)(C)C(=O)OCC(=O)OC1CC2CC1C1C(=O)OCC21. The molecule has 20 bridgehead atoms. The summed E-state index contributed by atoms with van der Waals surface area (Å²) in [4.78, 5) is 165. The summed E-state index contributed by atoms with van der Waals surface area (Å²) in [6, 6.07) is 0. The summed E-state index contributed by atoms with van der Waals surface area (Å²) in [6.45, 7) is 54.6. The van der Waals surface area contributed by atoms with Crippen LogP contribution in [0.3, 0.4) is 0 Å². The van der Waals surface area contributed by atoms with Gasteiger partial charge in [0.1, 0.15) is 46.8 Å². The van der Waals surface area contributed by atoms with Crippen molar-refractivity contribution in [3.8, 4) is 0 Å². The molecule has 8 aliphatic heterocycles. The first-order valence-electron chi connectivity index (χ1n) is 55.1. The molecular formula is C116H166O31. The fraction of sp³-hybridized carbons (Fsp3) is 0.793. The smallest absolute Gasteiger partial charge is 0.344 e. The predicted octanol–water partition coefficient (Wildman–Crippen LogP) is 17.2. The van der Waals surface area contributed by atoms with Crippen molar-refractivity contribution >= 4 is 83.6 Å². The molecule has 0 amide bonds. The van der Waals surface area contributed by atoms with Crippen molar-refractivity contribution in [2.75, 3.05) is 26.4 Å². The van der Waals surface area contributed by atoms with E-state index in [-0.39, 0.29) is 160 Å². The summed E-state index contributed by atoms with van der Waals surface area (Å²) < 4.78 is 86.8. The van der Waals surface area contributed by atoms with Gasteiger partial charge in [-0.15, -0.1) is 0 Å². The van der Waals surface area contributed by atoms with Crippen molar-refractivity contribution in [1.29, 1.82) is 0 Å². The highest BCUT2D eigenvalue weighted by Gasteiger charge is 2.70. The molecule has 17 aliphatic carbocycles. The number of ether oxygens (including phenoxy) is 16. The zero-order valence-corrected chi connectivity index (χ0v) is 90.5. The number of carbonyl (C=O) groups excluding carboxylic acids is 14. The molecule has 22 atom stereocenters. The third kappa shape index (κ3) is 23.1. The molecule has 0 aromatic rings. The maximum absolute atomic E-state index is 12.8. The Bertz CT molecular complexity index is 5000. The molecule has 25 rings (SSSR count). The molecule has 31 nitrogen and oxygen atoms in total. The van der Waals surface area contributed by atoms with E-state index in [0.717, 1.165) is 94.3 Å². The van der Waals surface area contributed by atoms with Crippen LogP contribution in [-0.4, -0.2) is 204 Å². The van der Waals surface area contributed by atoms with Crippen LogP contribution in [0.2, 0.25) is 0 Å². The van der Waals surface area contributed by atoms with Crippen molar-refractivity contribution in [1.82, 2.24) is 0 Å². The highest BCUT2D eigenvalue weighted by molar-refractivity contribution is 5.90. The van der Waals surface area contributed by atoms with Crippen molar-refractivity contribution in [3.63, 3.8) is 0 Å². The summed E-state index contributed by atoms with van der Waals surface area (Å²) in [5, 5.41) is 10.5. The second kappa shape index (κ2) is 43.7. The normalized spacial score (nSPS) is 39.0. The van der Waals surface area contributed by atoms with Gasteiger partial charge in [0.2, 0.25) is 0 Å². The van der Waals surface area contributed by atoms with E-state index in [9.17, 15) is 72.2 Å². The van der Waals surface area contributed by atoms with Gasteiger partial charge in [0, 0.05) is 58.0 Å². The van der Waals surface area contributed by atoms with Gasteiger partial charge >= 0.3 is 83.6 Å². The summed E-state index contributed by atoms with van der Waals surface area (Å²) in [5.74, 6) is 4.64. The molecule has 0 spiro atoms. The number of aliphatic hydroxyl groups is 1. The molecule has 25 fully saturated rings. The molecule has 17 saturated carbocycles. The predicted molar refractivity (Wildman–Crippen MR) is 532 cm³/mol. The molecule has 31 heteroatoms. The van der Waals surface area contributed by atoms with Crippen molar-refractivity contribution in [2.45, 2.75) is 407 Å². The Balaban J connectivity index is 0.000000127. The van der Waals surface area contributed by atoms with Gasteiger partial charge in [-0.05, 0) is 346 Å². The Labute approximate surface area is 867 Å². The highest BCUT2D eigenvalue weighted by Crippen LogP contribution is 2.66. The molecule has 1 N–H and O–H groups in total. The van der Waals surface area contributed by atoms with Crippen LogP contribution < -0.4 is 0 Å². The topological polar surface area (TPSA) is 407 Å². The van der Waals surface area contributed by atoms with Gasteiger partial charge in [-0.2, -0.15) is 0 Å². The van der Waals surface area contributed by atoms with E-state index in [1.165, 1.54) is 90.4 Å². The number of cyclic esters (lactones) is 2. The summed E-state index contributed by atoms with van der Waals surface area (Å²) in [7, 11) is 0. The van der Waals surface area contributed by atoms with Gasteiger partial charge < -0.3 is 80.9 Å². The molecule has 0 radical (unpaired) electrons. The minimum atomic E-state index is -0.612. The van der Waals surface area contributed by atoms with Crippen molar-refractivity contribution in [3.05, 3.63) is 60.8 Å². The van der Waals surface area contributed by atoms with Crippen LogP contribution in [0.5, 0.6) is 0 Å². The van der Waals surface area contributed by atoms with Gasteiger partial charge in [0.25, 0.3) is 0 Å². The Hall–Kier alpha value is -8.84. The van der Waals surface area contributed by atoms with Crippen LogP contribution in [-0.2, 0) is 143 Å². The van der Waals surface area contributed by atoms with E-state index in [0.29, 0.717) is 139 Å². The summed E-state index contributed by atoms with van der Waals surface area (Å²) >= 11 is 0. The maximum Gasteiger partial charge on any atom is 0.344 e. The van der Waals surface area contributed by atoms with Crippen LogP contribution in [0.15, 0.2) is 60.8 Å². The lowest BCUT2D eigenvalue weighted by atomic mass is 9.47. The molecule has 25 aliphatic rings. The fourth-order valence-electron chi connectivity index (χ4n) is 30.4. The van der Waals surface area contributed by atoms with E-state index in [4.69, 9.17) is 75.8 Å². The van der Waals surface area contributed by atoms with Gasteiger partial charge in [-0.1, -0.05) is 81.4 Å². The number of hydrogen-bond donors (Lipinski definition) is 1. The first-order chi connectivity index (χ1) is 69.0. The van der Waals surface area contributed by atoms with E-state index in [1.54, 1.807) is 41.5 Å². The van der Waals surface area contributed by atoms with Crippen LogP contribution in [0.4, 0.5) is 0 Å². The third-order valence-corrected chi connectivity index (χ3v) is 38.4. The van der Waals surface area contributed by atoms with Gasteiger partial charge in [-0.25, -0.2) is 33.6 Å². The van der Waals surface area contributed by atoms with E-state index in [1.807, 2.05) is 48.5 Å². The number of carbonyl (C=O) groups is 14. The molecule has 8 heterocycles. The van der Waals surface area contributed by atoms with Gasteiger partial charge in [0.05, 0.1) is 70.9 Å². The van der Waals surface area contributed by atoms with E-state index >= 15 is 0 Å². The number of hydrogen-bond acceptors (Lipinski definition) is 31. The second-order valence-electron chi connectivity index (χ2n) is 51.0. The molecule has 8 saturated heterocycles. The third-order valence-electron chi connectivity index (χ3n) is 38.4. The molecule has 147 heavy (non-hydrogen) atoms. The average molecular weight is 2060 g/mol. The van der Waals surface area contributed by atoms with Gasteiger partial charge in [-0.3, -0.25) is 33.6 Å². The standard InChI is InChI=1S/C19H32O2.C17H24O6.C17H26O2.C15H18O6.C14H20O3.C13H18O5.C11H12O5.C10H16O2/c1-6-18(4,5)17(20)21-19(12(2)3)15-8-13-7-14(10-15)11-16(19)9-13;1-4-17(2,3)16(20)22-8-13(18)23-12-6-9-5-10(12)14-11(9)7-21-15(14)19;1-10(2)16(18)19-17(11(3)4)14-6-12-5-13(8-14)9-15(17)7-12;1-7(2)14(17)20-6-12(16)21-11-4-8-3-9(11)13-10(8)5-19-15(13)18;1-9(2)12(15)17-14-6-10-3-11(7-14)5-13(16,4-10)8-14;1-4-13(2,3)12(15)18-9-7-5-6-8(16-7)10(9)17-11(6)14;1-4(2)10(12)15-8-6-3-5-7(14-6)9(8)16-11(5)13;1-8(2)9(11)12-10(3)6-4-5-7-10/h12-16H,6-11H2,1-5H3;9-12,14H,4-8H2,1-3H3;11-15H,1,5-9H2,2-4H3;8-11,13H,1,3-6H2,2H3;10-11,16H,1,3-8H2,2H3;6-10H,4-5H2,1-3H3;5-9H,1,3H2,2H3;1,4-7H2,2-3H3. The van der Waals surface area contributed by atoms with Crippen LogP contribution in [0.25, 0.3) is 0 Å². The average Bonchev–Trinajstić information content (AvgIpc) is 1.42. The quantitative estimate of drug-likeness (QED) is 0.0504. The Morgan fingerprint density at radius 2 is 0.762 bits per heavy atom. The number of esters is 14. The van der Waals surface area contributed by atoms with Crippen LogP contribution >= 0.6 is 0 Å². The number of fused-ring (bicyclic) bond motifs is 12. The fourth-order valence-corrected chi connectivity index (χ4v) is 30.4. The minimum absolute atomic E-state index is 0.0335. The first-order valence-corrected chi connectivity index (χ1v) is 55.1. The molecule has 0 aromatic heterocycles. The summed E-state index contributed by atoms with van der Waals surface area (Å²) in [6.07, 6.45) is 26.7.